The minimum absolute atomic E-state index is 0.113. The number of unbranched alkanes of at least 4 members (excludes halogenated alkanes) is 1. The first kappa shape index (κ1) is 16.4. The first-order valence-electron chi connectivity index (χ1n) is 6.59. The Morgan fingerprint density at radius 1 is 1.18 bits per heavy atom. The van der Waals surface area contributed by atoms with E-state index < -0.39 is 5.41 Å². The Kier molecular flexibility index (Phi) is 7.44. The van der Waals surface area contributed by atoms with Gasteiger partial charge in [-0.25, -0.2) is 0 Å². The normalized spacial score (nSPS) is 12.2. The molecule has 0 amide bonds. The predicted octanol–water partition coefficient (Wildman–Crippen LogP) is 3.27. The van der Waals surface area contributed by atoms with Gasteiger partial charge >= 0.3 is 5.97 Å². The van der Waals surface area contributed by atoms with Crippen LogP contribution in [0.2, 0.25) is 0 Å². The lowest BCUT2D eigenvalue weighted by Gasteiger charge is -2.38. The molecule has 0 aliphatic heterocycles. The maximum absolute atomic E-state index is 12.3. The van der Waals surface area contributed by atoms with Crippen LogP contribution in [-0.4, -0.2) is 26.3 Å². The summed E-state index contributed by atoms with van der Waals surface area (Å²) in [7, 11) is 1.64. The largest absolute Gasteiger partial charge is 0.465 e. The Bertz CT molecular complexity index is 214. The van der Waals surface area contributed by atoms with Gasteiger partial charge in [0.25, 0.3) is 0 Å². The third-order valence-corrected chi connectivity index (χ3v) is 3.55. The zero-order chi connectivity index (χ0) is 13.5. The zero-order valence-electron chi connectivity index (χ0n) is 12.2. The monoisotopic (exact) mass is 244 g/mol. The summed E-state index contributed by atoms with van der Waals surface area (Å²) < 4.78 is 10.7. The summed E-state index contributed by atoms with van der Waals surface area (Å²) in [6, 6.07) is 0. The summed E-state index contributed by atoms with van der Waals surface area (Å²) in [5.41, 5.74) is -0.525. The van der Waals surface area contributed by atoms with Gasteiger partial charge in [-0.2, -0.15) is 0 Å². The van der Waals surface area contributed by atoms with Crippen molar-refractivity contribution in [3.8, 4) is 0 Å². The maximum atomic E-state index is 12.3. The lowest BCUT2D eigenvalue weighted by Crippen LogP contribution is -2.46. The smallest absolute Gasteiger partial charge is 0.314 e. The number of carbonyl (C=O) groups is 1. The average molecular weight is 244 g/mol. The van der Waals surface area contributed by atoms with E-state index in [1.54, 1.807) is 7.11 Å². The molecule has 0 heterocycles. The number of ether oxygens (including phenoxy) is 2. The second kappa shape index (κ2) is 7.70. The molecular formula is C14H28O3. The fourth-order valence-corrected chi connectivity index (χ4v) is 2.21. The van der Waals surface area contributed by atoms with Gasteiger partial charge in [0.2, 0.25) is 0 Å². The summed E-state index contributed by atoms with van der Waals surface area (Å²) in [4.78, 5) is 12.3. The number of rotatable bonds is 8. The van der Waals surface area contributed by atoms with E-state index in [1.807, 2.05) is 0 Å². The van der Waals surface area contributed by atoms with Crippen LogP contribution in [0.25, 0.3) is 0 Å². The van der Waals surface area contributed by atoms with Crippen molar-refractivity contribution in [3.63, 3.8) is 0 Å². The Hall–Kier alpha value is -0.570. The molecule has 0 aliphatic rings. The Labute approximate surface area is 106 Å². The highest BCUT2D eigenvalue weighted by Gasteiger charge is 2.45. The molecule has 0 aliphatic carbocycles. The average Bonchev–Trinajstić information content (AvgIpc) is 2.24. The third-order valence-electron chi connectivity index (χ3n) is 3.55. The van der Waals surface area contributed by atoms with E-state index in [2.05, 4.69) is 34.6 Å². The molecule has 0 saturated carbocycles. The summed E-state index contributed by atoms with van der Waals surface area (Å²) in [5.74, 6) is 0.297. The fraction of sp³-hybridized carbons (Fsp3) is 0.929. The summed E-state index contributed by atoms with van der Waals surface area (Å²) >= 11 is 0. The number of hydrogen-bond donors (Lipinski definition) is 0. The molecule has 3 heteroatoms. The van der Waals surface area contributed by atoms with Crippen LogP contribution >= 0.6 is 0 Å². The minimum Gasteiger partial charge on any atom is -0.465 e. The standard InChI is InChI=1S/C14H28O3/c1-7-8-9-17-13(15)14(10-16-6,11(2)3)12(4)5/h11-12H,7-10H2,1-6H3. The van der Waals surface area contributed by atoms with Gasteiger partial charge in [-0.3, -0.25) is 4.79 Å². The Balaban J connectivity index is 4.81. The van der Waals surface area contributed by atoms with Gasteiger partial charge in [0.1, 0.15) is 0 Å². The van der Waals surface area contributed by atoms with E-state index in [1.165, 1.54) is 0 Å². The van der Waals surface area contributed by atoms with Gasteiger partial charge in [-0.1, -0.05) is 41.0 Å². The highest BCUT2D eigenvalue weighted by atomic mass is 16.5. The van der Waals surface area contributed by atoms with Crippen molar-refractivity contribution in [3.05, 3.63) is 0 Å². The first-order chi connectivity index (χ1) is 7.93. The highest BCUT2D eigenvalue weighted by molar-refractivity contribution is 5.77. The minimum atomic E-state index is -0.525. The molecule has 0 spiro atoms. The molecule has 17 heavy (non-hydrogen) atoms. The molecule has 102 valence electrons. The SMILES string of the molecule is CCCCOC(=O)C(COC)(C(C)C)C(C)C. The molecule has 0 atom stereocenters. The molecule has 0 aromatic rings. The van der Waals surface area contributed by atoms with Crippen molar-refractivity contribution in [2.75, 3.05) is 20.3 Å². The van der Waals surface area contributed by atoms with E-state index in [9.17, 15) is 4.79 Å². The van der Waals surface area contributed by atoms with Crippen molar-refractivity contribution < 1.29 is 14.3 Å². The third kappa shape index (κ3) is 3.98. The summed E-state index contributed by atoms with van der Waals surface area (Å²) in [6.45, 7) is 11.2. The first-order valence-corrected chi connectivity index (χ1v) is 6.59. The molecule has 0 unspecified atom stereocenters. The lowest BCUT2D eigenvalue weighted by molar-refractivity contribution is -0.168. The quantitative estimate of drug-likeness (QED) is 0.485. The molecule has 0 rings (SSSR count). The van der Waals surface area contributed by atoms with Crippen LogP contribution in [0.15, 0.2) is 0 Å². The van der Waals surface area contributed by atoms with Crippen LogP contribution in [0.4, 0.5) is 0 Å². The molecule has 0 fully saturated rings. The molecule has 0 bridgehead atoms. The van der Waals surface area contributed by atoms with Gasteiger partial charge in [0.15, 0.2) is 0 Å². The lowest BCUT2D eigenvalue weighted by atomic mass is 9.69. The predicted molar refractivity (Wildman–Crippen MR) is 69.9 cm³/mol. The van der Waals surface area contributed by atoms with E-state index in [0.717, 1.165) is 12.8 Å². The van der Waals surface area contributed by atoms with Gasteiger partial charge in [0, 0.05) is 7.11 Å². The molecule has 0 aromatic carbocycles. The van der Waals surface area contributed by atoms with E-state index >= 15 is 0 Å². The van der Waals surface area contributed by atoms with Crippen LogP contribution in [0, 0.1) is 17.3 Å². The van der Waals surface area contributed by atoms with Crippen LogP contribution in [0.1, 0.15) is 47.5 Å². The van der Waals surface area contributed by atoms with Crippen LogP contribution < -0.4 is 0 Å². The second-order valence-corrected chi connectivity index (χ2v) is 5.27. The van der Waals surface area contributed by atoms with E-state index in [-0.39, 0.29) is 17.8 Å². The summed E-state index contributed by atoms with van der Waals surface area (Å²) in [5, 5.41) is 0. The number of carbonyl (C=O) groups excluding carboxylic acids is 1. The number of esters is 1. The van der Waals surface area contributed by atoms with Gasteiger partial charge < -0.3 is 9.47 Å². The molecule has 0 saturated heterocycles. The van der Waals surface area contributed by atoms with E-state index in [0.29, 0.717) is 13.2 Å². The van der Waals surface area contributed by atoms with E-state index in [4.69, 9.17) is 9.47 Å². The van der Waals surface area contributed by atoms with Crippen LogP contribution in [0.5, 0.6) is 0 Å². The van der Waals surface area contributed by atoms with Crippen molar-refractivity contribution >= 4 is 5.97 Å². The topological polar surface area (TPSA) is 35.5 Å². The van der Waals surface area contributed by atoms with Crippen molar-refractivity contribution in [1.82, 2.24) is 0 Å². The molecular weight excluding hydrogens is 216 g/mol. The molecule has 0 radical (unpaired) electrons. The molecule has 0 aromatic heterocycles. The highest BCUT2D eigenvalue weighted by Crippen LogP contribution is 2.37. The van der Waals surface area contributed by atoms with Gasteiger partial charge in [-0.15, -0.1) is 0 Å². The molecule has 3 nitrogen and oxygen atoms in total. The number of hydrogen-bond acceptors (Lipinski definition) is 3. The van der Waals surface area contributed by atoms with Crippen molar-refractivity contribution in [2.24, 2.45) is 17.3 Å². The second-order valence-electron chi connectivity index (χ2n) is 5.27. The number of methoxy groups -OCH3 is 1. The van der Waals surface area contributed by atoms with Crippen LogP contribution in [-0.2, 0) is 14.3 Å². The Morgan fingerprint density at radius 3 is 2.06 bits per heavy atom. The Morgan fingerprint density at radius 2 is 1.71 bits per heavy atom. The van der Waals surface area contributed by atoms with Crippen molar-refractivity contribution in [1.29, 1.82) is 0 Å². The summed E-state index contributed by atoms with van der Waals surface area (Å²) in [6.07, 6.45) is 1.96. The van der Waals surface area contributed by atoms with Crippen molar-refractivity contribution in [2.45, 2.75) is 47.5 Å². The van der Waals surface area contributed by atoms with Gasteiger partial charge in [-0.05, 0) is 18.3 Å². The van der Waals surface area contributed by atoms with Crippen LogP contribution in [0.3, 0.4) is 0 Å². The van der Waals surface area contributed by atoms with Gasteiger partial charge in [0.05, 0.1) is 18.6 Å². The fourth-order valence-electron chi connectivity index (χ4n) is 2.21. The maximum Gasteiger partial charge on any atom is 0.314 e. The molecule has 0 N–H and O–H groups in total. The zero-order valence-corrected chi connectivity index (χ0v) is 12.2.